The second-order valence-electron chi connectivity index (χ2n) is 5.58. The topological polar surface area (TPSA) is 62.5 Å². The van der Waals surface area contributed by atoms with Crippen LogP contribution in [-0.2, 0) is 11.2 Å². The molecular formula is C17H19FN4O. The van der Waals surface area contributed by atoms with Crippen LogP contribution in [0.15, 0.2) is 42.6 Å². The average molecular weight is 314 g/mol. The van der Waals surface area contributed by atoms with Gasteiger partial charge in [-0.3, -0.25) is 9.78 Å². The Hall–Kier alpha value is -2.63. The number of pyridine rings is 1. The van der Waals surface area contributed by atoms with E-state index >= 15 is 0 Å². The summed E-state index contributed by atoms with van der Waals surface area (Å²) in [5.74, 6) is -0.186. The number of nitrogen functional groups attached to an aromatic ring is 1. The third kappa shape index (κ3) is 3.59. The van der Waals surface area contributed by atoms with Crippen molar-refractivity contribution in [2.45, 2.75) is 6.42 Å². The Bertz CT molecular complexity index is 681. The van der Waals surface area contributed by atoms with E-state index in [1.54, 1.807) is 35.4 Å². The van der Waals surface area contributed by atoms with Gasteiger partial charge < -0.3 is 15.5 Å². The Balaban J connectivity index is 1.57. The number of amides is 1. The number of nitrogens with zero attached hydrogens (tertiary/aromatic N) is 3. The first-order chi connectivity index (χ1) is 11.1. The van der Waals surface area contributed by atoms with Gasteiger partial charge in [0, 0.05) is 31.9 Å². The smallest absolute Gasteiger partial charge is 0.228 e. The number of hydrogen-bond donors (Lipinski definition) is 1. The molecule has 1 fully saturated rings. The van der Waals surface area contributed by atoms with Crippen LogP contribution in [0.3, 0.4) is 0 Å². The minimum Gasteiger partial charge on any atom is -0.397 e. The van der Waals surface area contributed by atoms with Gasteiger partial charge in [-0.2, -0.15) is 0 Å². The number of hydrogen-bond acceptors (Lipinski definition) is 4. The molecule has 2 N–H and O–H groups in total. The highest BCUT2D eigenvalue weighted by Gasteiger charge is 2.22. The largest absolute Gasteiger partial charge is 0.397 e. The number of carbonyl (C=O) groups is 1. The second-order valence-corrected chi connectivity index (χ2v) is 5.58. The summed E-state index contributed by atoms with van der Waals surface area (Å²) in [5, 5.41) is 0. The van der Waals surface area contributed by atoms with E-state index in [-0.39, 0.29) is 18.1 Å². The maximum Gasteiger partial charge on any atom is 0.228 e. The van der Waals surface area contributed by atoms with Crippen LogP contribution in [-0.4, -0.2) is 42.0 Å². The third-order valence-electron chi connectivity index (χ3n) is 4.01. The molecule has 1 amide bonds. The Morgan fingerprint density at radius 2 is 1.87 bits per heavy atom. The number of benzene rings is 1. The van der Waals surface area contributed by atoms with Gasteiger partial charge in [0.05, 0.1) is 24.0 Å². The molecule has 120 valence electrons. The molecule has 1 aromatic carbocycles. The van der Waals surface area contributed by atoms with Gasteiger partial charge >= 0.3 is 0 Å². The molecule has 0 unspecified atom stereocenters. The molecule has 3 rings (SSSR count). The quantitative estimate of drug-likeness (QED) is 0.936. The van der Waals surface area contributed by atoms with E-state index in [0.29, 0.717) is 43.2 Å². The zero-order chi connectivity index (χ0) is 16.2. The van der Waals surface area contributed by atoms with Crippen molar-refractivity contribution in [3.63, 3.8) is 0 Å². The average Bonchev–Trinajstić information content (AvgIpc) is 2.57. The van der Waals surface area contributed by atoms with Crippen LogP contribution < -0.4 is 10.6 Å². The van der Waals surface area contributed by atoms with E-state index in [0.717, 1.165) is 0 Å². The molecule has 1 aromatic heterocycles. The minimum atomic E-state index is -0.224. The zero-order valence-corrected chi connectivity index (χ0v) is 12.8. The standard InChI is InChI=1S/C17H19FN4O/c18-15-3-1-2-4-16(15)21-7-9-22(10-8-21)17(23)11-14-6-5-13(19)12-20-14/h1-6,12H,7-11,19H2. The fourth-order valence-electron chi connectivity index (χ4n) is 2.71. The fourth-order valence-corrected chi connectivity index (χ4v) is 2.71. The summed E-state index contributed by atoms with van der Waals surface area (Å²) in [7, 11) is 0. The summed E-state index contributed by atoms with van der Waals surface area (Å²) in [6.45, 7) is 2.42. The number of halogens is 1. The van der Waals surface area contributed by atoms with Gasteiger partial charge in [-0.1, -0.05) is 12.1 Å². The van der Waals surface area contributed by atoms with Crippen LogP contribution in [0.1, 0.15) is 5.69 Å². The van der Waals surface area contributed by atoms with Crippen LogP contribution in [0.2, 0.25) is 0 Å². The molecule has 1 aliphatic rings. The second kappa shape index (κ2) is 6.64. The Morgan fingerprint density at radius 1 is 1.13 bits per heavy atom. The maximum atomic E-state index is 13.8. The molecule has 0 atom stereocenters. The number of nitrogens with two attached hydrogens (primary N) is 1. The lowest BCUT2D eigenvalue weighted by Crippen LogP contribution is -2.49. The van der Waals surface area contributed by atoms with E-state index in [1.807, 2.05) is 11.0 Å². The maximum absolute atomic E-state index is 13.8. The Morgan fingerprint density at radius 3 is 2.52 bits per heavy atom. The van der Waals surface area contributed by atoms with E-state index in [4.69, 9.17) is 5.73 Å². The molecule has 23 heavy (non-hydrogen) atoms. The van der Waals surface area contributed by atoms with E-state index in [2.05, 4.69) is 4.98 Å². The predicted octanol–water partition coefficient (Wildman–Crippen LogP) is 1.69. The van der Waals surface area contributed by atoms with E-state index < -0.39 is 0 Å². The van der Waals surface area contributed by atoms with Crippen LogP contribution in [0.5, 0.6) is 0 Å². The van der Waals surface area contributed by atoms with Crippen LogP contribution in [0, 0.1) is 5.82 Å². The normalized spacial score (nSPS) is 14.8. The Kier molecular flexibility index (Phi) is 4.41. The Labute approximate surface area is 134 Å². The number of anilines is 2. The summed E-state index contributed by atoms with van der Waals surface area (Å²) in [5.41, 5.74) is 7.48. The lowest BCUT2D eigenvalue weighted by Gasteiger charge is -2.36. The predicted molar refractivity (Wildman–Crippen MR) is 87.5 cm³/mol. The van der Waals surface area contributed by atoms with Gasteiger partial charge in [-0.25, -0.2) is 4.39 Å². The lowest BCUT2D eigenvalue weighted by molar-refractivity contribution is -0.130. The molecule has 0 aliphatic carbocycles. The molecule has 1 aliphatic heterocycles. The van der Waals surface area contributed by atoms with E-state index in [9.17, 15) is 9.18 Å². The van der Waals surface area contributed by atoms with Crippen molar-refractivity contribution in [2.75, 3.05) is 36.8 Å². The highest BCUT2D eigenvalue weighted by atomic mass is 19.1. The number of piperazine rings is 1. The summed E-state index contributed by atoms with van der Waals surface area (Å²) in [6, 6.07) is 10.2. The van der Waals surface area contributed by atoms with Gasteiger partial charge in [0.15, 0.2) is 0 Å². The van der Waals surface area contributed by atoms with Crippen molar-refractivity contribution in [1.29, 1.82) is 0 Å². The first-order valence-corrected chi connectivity index (χ1v) is 7.61. The van der Waals surface area contributed by atoms with Gasteiger partial charge in [0.2, 0.25) is 5.91 Å². The first kappa shape index (κ1) is 15.3. The summed E-state index contributed by atoms with van der Waals surface area (Å²) in [6.07, 6.45) is 1.82. The summed E-state index contributed by atoms with van der Waals surface area (Å²) >= 11 is 0. The molecule has 0 spiro atoms. The number of rotatable bonds is 3. The molecule has 2 heterocycles. The first-order valence-electron chi connectivity index (χ1n) is 7.61. The van der Waals surface area contributed by atoms with Crippen molar-refractivity contribution in [1.82, 2.24) is 9.88 Å². The fraction of sp³-hybridized carbons (Fsp3) is 0.294. The van der Waals surface area contributed by atoms with Crippen LogP contribution in [0.4, 0.5) is 15.8 Å². The van der Waals surface area contributed by atoms with Gasteiger partial charge in [0.1, 0.15) is 5.82 Å². The molecule has 0 bridgehead atoms. The van der Waals surface area contributed by atoms with Gasteiger partial charge in [-0.05, 0) is 24.3 Å². The van der Waals surface area contributed by atoms with Crippen molar-refractivity contribution < 1.29 is 9.18 Å². The minimum absolute atomic E-state index is 0.0375. The van der Waals surface area contributed by atoms with Crippen LogP contribution >= 0.6 is 0 Å². The van der Waals surface area contributed by atoms with Crippen LogP contribution in [0.25, 0.3) is 0 Å². The molecule has 0 radical (unpaired) electrons. The molecule has 6 heteroatoms. The van der Waals surface area contributed by atoms with Gasteiger partial charge in [-0.15, -0.1) is 0 Å². The van der Waals surface area contributed by atoms with Crippen molar-refractivity contribution in [3.05, 3.63) is 54.1 Å². The monoisotopic (exact) mass is 314 g/mol. The zero-order valence-electron chi connectivity index (χ0n) is 12.8. The molecule has 2 aromatic rings. The van der Waals surface area contributed by atoms with Crippen molar-refractivity contribution in [2.24, 2.45) is 0 Å². The molecule has 0 saturated carbocycles. The number of carbonyl (C=O) groups excluding carboxylic acids is 1. The SMILES string of the molecule is Nc1ccc(CC(=O)N2CCN(c3ccccc3F)CC2)nc1. The highest BCUT2D eigenvalue weighted by molar-refractivity contribution is 5.78. The molecular weight excluding hydrogens is 295 g/mol. The molecule has 5 nitrogen and oxygen atoms in total. The van der Waals surface area contributed by atoms with Crippen molar-refractivity contribution in [3.8, 4) is 0 Å². The highest BCUT2D eigenvalue weighted by Crippen LogP contribution is 2.20. The van der Waals surface area contributed by atoms with Crippen molar-refractivity contribution >= 4 is 17.3 Å². The number of aromatic nitrogens is 1. The van der Waals surface area contributed by atoms with E-state index in [1.165, 1.54) is 6.07 Å². The third-order valence-corrected chi connectivity index (χ3v) is 4.01. The number of para-hydroxylation sites is 1. The lowest BCUT2D eigenvalue weighted by atomic mass is 10.2. The molecule has 1 saturated heterocycles. The summed E-state index contributed by atoms with van der Waals surface area (Å²) < 4.78 is 13.8. The van der Waals surface area contributed by atoms with Gasteiger partial charge in [0.25, 0.3) is 0 Å². The summed E-state index contributed by atoms with van der Waals surface area (Å²) in [4.78, 5) is 20.3.